The zero-order valence-electron chi connectivity index (χ0n) is 14.1. The van der Waals surface area contributed by atoms with Crippen molar-refractivity contribution in [3.8, 4) is 23.1 Å². The third kappa shape index (κ3) is 3.13. The molecule has 134 valence electrons. The van der Waals surface area contributed by atoms with Gasteiger partial charge in [0.2, 0.25) is 11.7 Å². The van der Waals surface area contributed by atoms with Gasteiger partial charge in [0, 0.05) is 13.1 Å². The lowest BCUT2D eigenvalue weighted by molar-refractivity contribution is -0.138. The van der Waals surface area contributed by atoms with Gasteiger partial charge in [-0.05, 0) is 24.3 Å². The highest BCUT2D eigenvalue weighted by Crippen LogP contribution is 2.29. The second-order valence-electron chi connectivity index (χ2n) is 5.87. The van der Waals surface area contributed by atoms with E-state index in [1.165, 1.54) is 0 Å². The van der Waals surface area contributed by atoms with Crippen LogP contribution in [0.2, 0.25) is 0 Å². The average Bonchev–Trinajstić information content (AvgIpc) is 3.30. The Labute approximate surface area is 149 Å². The number of methoxy groups -OCH3 is 1. The van der Waals surface area contributed by atoms with Crippen LogP contribution in [0.3, 0.4) is 0 Å². The molecule has 0 aliphatic carbocycles. The standard InChI is InChI=1S/C18H17N3O5/c1-23-13-5-2-3-6-14(13)25-11-16(22)21-9-12(10-21)18-19-17(20-26-18)15-7-4-8-24-15/h2-8,12H,9-11H2,1H3. The Morgan fingerprint density at radius 3 is 2.77 bits per heavy atom. The number of likely N-dealkylation sites (tertiary alicyclic amines) is 1. The van der Waals surface area contributed by atoms with Crippen molar-refractivity contribution in [3.05, 3.63) is 48.6 Å². The number of rotatable bonds is 6. The topological polar surface area (TPSA) is 90.8 Å². The highest BCUT2D eigenvalue weighted by molar-refractivity contribution is 5.79. The van der Waals surface area contributed by atoms with Crippen molar-refractivity contribution < 1.29 is 23.2 Å². The molecule has 0 saturated carbocycles. The Hall–Kier alpha value is -3.29. The number of benzene rings is 1. The molecule has 4 rings (SSSR count). The van der Waals surface area contributed by atoms with Gasteiger partial charge in [-0.2, -0.15) is 4.98 Å². The normalized spacial score (nSPS) is 14.1. The van der Waals surface area contributed by atoms with E-state index in [2.05, 4.69) is 10.1 Å². The number of carbonyl (C=O) groups is 1. The van der Waals surface area contributed by atoms with E-state index in [4.69, 9.17) is 18.4 Å². The third-order valence-corrected chi connectivity index (χ3v) is 4.19. The number of hydrogen-bond donors (Lipinski definition) is 0. The number of para-hydroxylation sites is 2. The van der Waals surface area contributed by atoms with Crippen LogP contribution in [0.4, 0.5) is 0 Å². The van der Waals surface area contributed by atoms with Gasteiger partial charge in [-0.3, -0.25) is 4.79 Å². The molecule has 3 heterocycles. The summed E-state index contributed by atoms with van der Waals surface area (Å²) >= 11 is 0. The van der Waals surface area contributed by atoms with Crippen LogP contribution in [0.1, 0.15) is 11.8 Å². The minimum atomic E-state index is -0.0991. The van der Waals surface area contributed by atoms with Gasteiger partial charge < -0.3 is 23.3 Å². The van der Waals surface area contributed by atoms with Crippen LogP contribution in [0, 0.1) is 0 Å². The molecule has 0 N–H and O–H groups in total. The maximum Gasteiger partial charge on any atom is 0.260 e. The van der Waals surface area contributed by atoms with E-state index >= 15 is 0 Å². The van der Waals surface area contributed by atoms with Crippen LogP contribution in [0.5, 0.6) is 11.5 Å². The van der Waals surface area contributed by atoms with Crippen LogP contribution < -0.4 is 9.47 Å². The molecule has 0 bridgehead atoms. The number of hydrogen-bond acceptors (Lipinski definition) is 7. The smallest absolute Gasteiger partial charge is 0.260 e. The fourth-order valence-electron chi connectivity index (χ4n) is 2.71. The first-order valence-electron chi connectivity index (χ1n) is 8.15. The SMILES string of the molecule is COc1ccccc1OCC(=O)N1CC(c2nc(-c3ccco3)no2)C1. The molecule has 8 heteroatoms. The fourth-order valence-corrected chi connectivity index (χ4v) is 2.71. The van der Waals surface area contributed by atoms with Crippen molar-refractivity contribution in [1.82, 2.24) is 15.0 Å². The molecule has 0 spiro atoms. The predicted molar refractivity (Wildman–Crippen MR) is 89.8 cm³/mol. The first-order chi connectivity index (χ1) is 12.7. The van der Waals surface area contributed by atoms with Crippen LogP contribution in [0.25, 0.3) is 11.6 Å². The van der Waals surface area contributed by atoms with Gasteiger partial charge in [0.25, 0.3) is 5.91 Å². The summed E-state index contributed by atoms with van der Waals surface area (Å²) in [5.41, 5.74) is 0. The molecular formula is C18H17N3O5. The zero-order chi connectivity index (χ0) is 17.9. The van der Waals surface area contributed by atoms with E-state index in [9.17, 15) is 4.79 Å². The van der Waals surface area contributed by atoms with E-state index in [1.54, 1.807) is 42.5 Å². The van der Waals surface area contributed by atoms with E-state index in [-0.39, 0.29) is 18.4 Å². The van der Waals surface area contributed by atoms with Crippen molar-refractivity contribution in [1.29, 1.82) is 0 Å². The van der Waals surface area contributed by atoms with Gasteiger partial charge in [-0.25, -0.2) is 0 Å². The Morgan fingerprint density at radius 2 is 2.04 bits per heavy atom. The number of aromatic nitrogens is 2. The molecule has 1 fully saturated rings. The molecule has 1 amide bonds. The minimum Gasteiger partial charge on any atom is -0.493 e. The number of nitrogens with zero attached hydrogens (tertiary/aromatic N) is 3. The van der Waals surface area contributed by atoms with Crippen molar-refractivity contribution in [2.24, 2.45) is 0 Å². The van der Waals surface area contributed by atoms with Crippen molar-refractivity contribution in [3.63, 3.8) is 0 Å². The fraction of sp³-hybridized carbons (Fsp3) is 0.278. The Kier molecular flexibility index (Phi) is 4.30. The molecule has 1 aliphatic rings. The summed E-state index contributed by atoms with van der Waals surface area (Å²) in [6.07, 6.45) is 1.55. The van der Waals surface area contributed by atoms with Crippen molar-refractivity contribution in [2.45, 2.75) is 5.92 Å². The average molecular weight is 355 g/mol. The monoisotopic (exact) mass is 355 g/mol. The third-order valence-electron chi connectivity index (χ3n) is 4.19. The number of carbonyl (C=O) groups excluding carboxylic acids is 1. The van der Waals surface area contributed by atoms with Gasteiger partial charge in [0.15, 0.2) is 23.9 Å². The molecular weight excluding hydrogens is 338 g/mol. The van der Waals surface area contributed by atoms with E-state index in [0.717, 1.165) is 0 Å². The van der Waals surface area contributed by atoms with E-state index in [1.807, 2.05) is 12.1 Å². The van der Waals surface area contributed by atoms with Crippen LogP contribution >= 0.6 is 0 Å². The summed E-state index contributed by atoms with van der Waals surface area (Å²) in [5, 5.41) is 3.90. The van der Waals surface area contributed by atoms with Gasteiger partial charge >= 0.3 is 0 Å². The maximum atomic E-state index is 12.2. The van der Waals surface area contributed by atoms with Crippen molar-refractivity contribution >= 4 is 5.91 Å². The first kappa shape index (κ1) is 16.2. The summed E-state index contributed by atoms with van der Waals surface area (Å²) in [5.74, 6) is 2.54. The van der Waals surface area contributed by atoms with E-state index in [0.29, 0.717) is 42.1 Å². The Balaban J connectivity index is 1.30. The lowest BCUT2D eigenvalue weighted by Gasteiger charge is -2.36. The molecule has 0 radical (unpaired) electrons. The maximum absolute atomic E-state index is 12.2. The lowest BCUT2D eigenvalue weighted by Crippen LogP contribution is -2.50. The van der Waals surface area contributed by atoms with E-state index < -0.39 is 0 Å². The highest BCUT2D eigenvalue weighted by atomic mass is 16.5. The Morgan fingerprint density at radius 1 is 1.23 bits per heavy atom. The summed E-state index contributed by atoms with van der Waals surface area (Å²) in [7, 11) is 1.56. The quantitative estimate of drug-likeness (QED) is 0.670. The first-order valence-corrected chi connectivity index (χ1v) is 8.15. The summed E-state index contributed by atoms with van der Waals surface area (Å²) in [6.45, 7) is 0.996. The van der Waals surface area contributed by atoms with Gasteiger partial charge in [0.05, 0.1) is 19.3 Å². The molecule has 8 nitrogen and oxygen atoms in total. The lowest BCUT2D eigenvalue weighted by atomic mass is 10.0. The summed E-state index contributed by atoms with van der Waals surface area (Å²) < 4.78 is 21.3. The van der Waals surface area contributed by atoms with Crippen LogP contribution in [0.15, 0.2) is 51.6 Å². The van der Waals surface area contributed by atoms with Gasteiger partial charge in [-0.1, -0.05) is 17.3 Å². The molecule has 3 aromatic rings. The summed E-state index contributed by atoms with van der Waals surface area (Å²) in [4.78, 5) is 18.3. The molecule has 1 aromatic carbocycles. The summed E-state index contributed by atoms with van der Waals surface area (Å²) in [6, 6.07) is 10.7. The predicted octanol–water partition coefficient (Wildman–Crippen LogP) is 2.34. The minimum absolute atomic E-state index is 0.0291. The highest BCUT2D eigenvalue weighted by Gasteiger charge is 2.36. The number of furan rings is 1. The molecule has 1 saturated heterocycles. The molecule has 1 aliphatic heterocycles. The van der Waals surface area contributed by atoms with Gasteiger partial charge in [0.1, 0.15) is 0 Å². The molecule has 0 unspecified atom stereocenters. The second kappa shape index (κ2) is 6.91. The Bertz CT molecular complexity index is 884. The largest absolute Gasteiger partial charge is 0.493 e. The van der Waals surface area contributed by atoms with Crippen LogP contribution in [-0.4, -0.2) is 47.8 Å². The number of ether oxygens (including phenoxy) is 2. The zero-order valence-corrected chi connectivity index (χ0v) is 14.1. The van der Waals surface area contributed by atoms with Gasteiger partial charge in [-0.15, -0.1) is 0 Å². The number of amides is 1. The molecule has 2 aromatic heterocycles. The van der Waals surface area contributed by atoms with Crippen molar-refractivity contribution in [2.75, 3.05) is 26.8 Å². The molecule has 26 heavy (non-hydrogen) atoms. The second-order valence-corrected chi connectivity index (χ2v) is 5.87. The van der Waals surface area contributed by atoms with Crippen LogP contribution in [-0.2, 0) is 4.79 Å². The molecule has 0 atom stereocenters.